The lowest BCUT2D eigenvalue weighted by atomic mass is 9.84. The zero-order chi connectivity index (χ0) is 18.7. The number of hydrogen-bond acceptors (Lipinski definition) is 3. The molecule has 1 heterocycles. The summed E-state index contributed by atoms with van der Waals surface area (Å²) in [6.45, 7) is 0. The highest BCUT2D eigenvalue weighted by Crippen LogP contribution is 2.37. The van der Waals surface area contributed by atoms with Gasteiger partial charge in [-0.15, -0.1) is 0 Å². The van der Waals surface area contributed by atoms with E-state index in [2.05, 4.69) is 10.3 Å². The predicted molar refractivity (Wildman–Crippen MR) is 94.6 cm³/mol. The monoisotopic (exact) mass is 383 g/mol. The van der Waals surface area contributed by atoms with Crippen LogP contribution in [0.5, 0.6) is 0 Å². The van der Waals surface area contributed by atoms with Crippen molar-refractivity contribution in [3.8, 4) is 5.69 Å². The third kappa shape index (κ3) is 4.06. The second-order valence-electron chi connectivity index (χ2n) is 6.35. The van der Waals surface area contributed by atoms with Crippen LogP contribution in [0.25, 0.3) is 5.69 Å². The average Bonchev–Trinajstić information content (AvgIpc) is 3.10. The number of carbonyl (C=O) groups excluding carboxylic acids is 1. The quantitative estimate of drug-likeness (QED) is 0.794. The highest BCUT2D eigenvalue weighted by molar-refractivity contribution is 7.98. The van der Waals surface area contributed by atoms with Crippen LogP contribution < -0.4 is 5.32 Å². The van der Waals surface area contributed by atoms with Gasteiger partial charge in [0.1, 0.15) is 0 Å². The summed E-state index contributed by atoms with van der Waals surface area (Å²) in [5, 5.41) is 3.37. The van der Waals surface area contributed by atoms with Crippen LogP contribution in [0.4, 0.5) is 13.2 Å². The summed E-state index contributed by atoms with van der Waals surface area (Å²) in [6, 6.07) is 5.96. The Morgan fingerprint density at radius 3 is 2.81 bits per heavy atom. The number of aromatic nitrogens is 2. The molecule has 1 amide bonds. The van der Waals surface area contributed by atoms with E-state index in [0.29, 0.717) is 24.8 Å². The molecular weight excluding hydrogens is 363 g/mol. The van der Waals surface area contributed by atoms with Gasteiger partial charge in [0, 0.05) is 29.7 Å². The lowest BCUT2D eigenvalue weighted by molar-refractivity contribution is -0.187. The van der Waals surface area contributed by atoms with Crippen LogP contribution in [0.2, 0.25) is 0 Å². The number of imidazole rings is 1. The third-order valence-corrected chi connectivity index (χ3v) is 5.35. The van der Waals surface area contributed by atoms with Crippen LogP contribution >= 0.6 is 11.8 Å². The summed E-state index contributed by atoms with van der Waals surface area (Å²) in [6.07, 6.45) is 2.72. The molecule has 0 saturated heterocycles. The van der Waals surface area contributed by atoms with Gasteiger partial charge in [0.2, 0.25) is 0 Å². The molecule has 3 rings (SSSR count). The number of rotatable bonds is 4. The first-order valence-corrected chi connectivity index (χ1v) is 9.68. The molecule has 0 bridgehead atoms. The number of benzene rings is 1. The van der Waals surface area contributed by atoms with Gasteiger partial charge in [-0.05, 0) is 37.3 Å². The first-order valence-electron chi connectivity index (χ1n) is 8.45. The number of amides is 1. The van der Waals surface area contributed by atoms with Crippen molar-refractivity contribution in [2.24, 2.45) is 5.92 Å². The molecule has 140 valence electrons. The molecule has 0 spiro atoms. The molecule has 2 aromatic rings. The smallest absolute Gasteiger partial charge is 0.349 e. The van der Waals surface area contributed by atoms with E-state index in [4.69, 9.17) is 0 Å². The maximum Gasteiger partial charge on any atom is 0.393 e. The summed E-state index contributed by atoms with van der Waals surface area (Å²) in [5.74, 6) is -1.95. The molecule has 2 atom stereocenters. The van der Waals surface area contributed by atoms with E-state index in [9.17, 15) is 18.0 Å². The zero-order valence-electron chi connectivity index (χ0n) is 14.3. The molecule has 1 fully saturated rings. The highest BCUT2D eigenvalue weighted by Gasteiger charge is 2.46. The van der Waals surface area contributed by atoms with E-state index in [1.807, 2.05) is 16.9 Å². The Balaban J connectivity index is 1.79. The topological polar surface area (TPSA) is 46.9 Å². The largest absolute Gasteiger partial charge is 0.393 e. The standard InChI is InChI=1S/C18H20F3N3OS/c1-26-17-22-9-10-24(17)13-6-4-5-12(11-13)16(25)23-15-8-3-2-7-14(15)18(19,20)21/h4-6,9-11,14-15H,2-3,7-8H2,1H3,(H,23,25). The Kier molecular flexibility index (Phi) is 5.60. The minimum absolute atomic E-state index is 0.0700. The van der Waals surface area contributed by atoms with Crippen molar-refractivity contribution in [1.82, 2.24) is 14.9 Å². The molecule has 1 aromatic carbocycles. The number of nitrogens with one attached hydrogen (secondary N) is 1. The lowest BCUT2D eigenvalue weighted by Crippen LogP contribution is -2.47. The maximum atomic E-state index is 13.2. The molecule has 26 heavy (non-hydrogen) atoms. The Hall–Kier alpha value is -1.96. The zero-order valence-corrected chi connectivity index (χ0v) is 15.1. The molecule has 8 heteroatoms. The van der Waals surface area contributed by atoms with Gasteiger partial charge < -0.3 is 5.32 Å². The van der Waals surface area contributed by atoms with Crippen molar-refractivity contribution >= 4 is 17.7 Å². The van der Waals surface area contributed by atoms with Crippen LogP contribution in [0.15, 0.2) is 41.8 Å². The van der Waals surface area contributed by atoms with Gasteiger partial charge in [-0.2, -0.15) is 13.2 Å². The molecule has 1 aromatic heterocycles. The molecule has 2 unspecified atom stereocenters. The molecule has 1 aliphatic rings. The Bertz CT molecular complexity index is 775. The number of thioether (sulfide) groups is 1. The van der Waals surface area contributed by atoms with Crippen LogP contribution in [0.1, 0.15) is 36.0 Å². The van der Waals surface area contributed by atoms with Crippen molar-refractivity contribution in [1.29, 1.82) is 0 Å². The number of hydrogen-bond donors (Lipinski definition) is 1. The highest BCUT2D eigenvalue weighted by atomic mass is 32.2. The first-order chi connectivity index (χ1) is 12.4. The summed E-state index contributed by atoms with van der Waals surface area (Å²) >= 11 is 1.47. The second-order valence-corrected chi connectivity index (χ2v) is 7.12. The Labute approximate surface area is 154 Å². The maximum absolute atomic E-state index is 13.2. The predicted octanol–water partition coefficient (Wildman–Crippen LogP) is 4.45. The van der Waals surface area contributed by atoms with Gasteiger partial charge in [-0.1, -0.05) is 30.7 Å². The number of carbonyl (C=O) groups is 1. The van der Waals surface area contributed by atoms with Crippen LogP contribution in [-0.2, 0) is 0 Å². The van der Waals surface area contributed by atoms with Crippen molar-refractivity contribution in [2.75, 3.05) is 6.26 Å². The fourth-order valence-corrected chi connectivity index (χ4v) is 3.91. The molecular formula is C18H20F3N3OS. The molecule has 0 radical (unpaired) electrons. The van der Waals surface area contributed by atoms with Gasteiger partial charge >= 0.3 is 6.18 Å². The van der Waals surface area contributed by atoms with E-state index in [1.165, 1.54) is 11.8 Å². The van der Waals surface area contributed by atoms with Gasteiger partial charge in [-0.3, -0.25) is 9.36 Å². The fraction of sp³-hybridized carbons (Fsp3) is 0.444. The van der Waals surface area contributed by atoms with Gasteiger partial charge in [0.25, 0.3) is 5.91 Å². The van der Waals surface area contributed by atoms with E-state index in [-0.39, 0.29) is 6.42 Å². The lowest BCUT2D eigenvalue weighted by Gasteiger charge is -2.33. The van der Waals surface area contributed by atoms with E-state index in [1.54, 1.807) is 30.6 Å². The van der Waals surface area contributed by atoms with Gasteiger partial charge in [0.15, 0.2) is 5.16 Å². The number of alkyl halides is 3. The van der Waals surface area contributed by atoms with Crippen molar-refractivity contribution in [3.05, 3.63) is 42.2 Å². The van der Waals surface area contributed by atoms with Gasteiger partial charge in [-0.25, -0.2) is 4.98 Å². The van der Waals surface area contributed by atoms with E-state index < -0.39 is 24.0 Å². The molecule has 1 N–H and O–H groups in total. The van der Waals surface area contributed by atoms with Crippen molar-refractivity contribution in [2.45, 2.75) is 43.1 Å². The van der Waals surface area contributed by atoms with Crippen LogP contribution in [0, 0.1) is 5.92 Å². The molecule has 4 nitrogen and oxygen atoms in total. The normalized spacial score (nSPS) is 20.8. The van der Waals surface area contributed by atoms with Gasteiger partial charge in [0.05, 0.1) is 5.92 Å². The Morgan fingerprint density at radius 2 is 2.08 bits per heavy atom. The van der Waals surface area contributed by atoms with Crippen molar-refractivity contribution in [3.63, 3.8) is 0 Å². The minimum atomic E-state index is -4.29. The van der Waals surface area contributed by atoms with E-state index >= 15 is 0 Å². The summed E-state index contributed by atoms with van der Waals surface area (Å²) in [4.78, 5) is 16.8. The summed E-state index contributed by atoms with van der Waals surface area (Å²) < 4.78 is 41.5. The van der Waals surface area contributed by atoms with Crippen LogP contribution in [0.3, 0.4) is 0 Å². The Morgan fingerprint density at radius 1 is 1.31 bits per heavy atom. The molecule has 1 aliphatic carbocycles. The molecule has 0 aliphatic heterocycles. The minimum Gasteiger partial charge on any atom is -0.349 e. The third-order valence-electron chi connectivity index (χ3n) is 4.68. The van der Waals surface area contributed by atoms with E-state index in [0.717, 1.165) is 10.8 Å². The van der Waals surface area contributed by atoms with Crippen molar-refractivity contribution < 1.29 is 18.0 Å². The summed E-state index contributed by atoms with van der Waals surface area (Å²) in [5.41, 5.74) is 1.09. The average molecular weight is 383 g/mol. The summed E-state index contributed by atoms with van der Waals surface area (Å²) in [7, 11) is 0. The molecule has 1 saturated carbocycles. The van der Waals surface area contributed by atoms with Crippen LogP contribution in [-0.4, -0.2) is 33.9 Å². The second kappa shape index (κ2) is 7.73. The number of halogens is 3. The SMILES string of the molecule is CSc1nccn1-c1cccc(C(=O)NC2CCCCC2C(F)(F)F)c1. The number of nitrogens with zero attached hydrogens (tertiary/aromatic N) is 2. The first kappa shape index (κ1) is 18.8. The fourth-order valence-electron chi connectivity index (χ4n) is 3.38.